The van der Waals surface area contributed by atoms with E-state index in [1.165, 1.54) is 30.1 Å². The highest BCUT2D eigenvalue weighted by Gasteiger charge is 2.20. The van der Waals surface area contributed by atoms with Gasteiger partial charge in [-0.3, -0.25) is 19.7 Å². The highest BCUT2D eigenvalue weighted by molar-refractivity contribution is 6.00. The smallest absolute Gasteiger partial charge is 0.293 e. The molecule has 2 amide bonds. The van der Waals surface area contributed by atoms with Crippen molar-refractivity contribution in [3.05, 3.63) is 58.1 Å². The summed E-state index contributed by atoms with van der Waals surface area (Å²) in [5.41, 5.74) is 0.845. The minimum atomic E-state index is -0.550. The molecule has 0 bridgehead atoms. The van der Waals surface area contributed by atoms with E-state index in [1.807, 2.05) is 6.92 Å². The second-order valence-corrected chi connectivity index (χ2v) is 5.96. The van der Waals surface area contributed by atoms with Gasteiger partial charge in [0.1, 0.15) is 11.4 Å². The molecule has 0 aliphatic rings. The number of rotatable bonds is 8. The number of benzene rings is 2. The van der Waals surface area contributed by atoms with Gasteiger partial charge in [0.2, 0.25) is 5.91 Å². The predicted octanol–water partition coefficient (Wildman–Crippen LogP) is 2.75. The van der Waals surface area contributed by atoms with Crippen molar-refractivity contribution in [3.63, 3.8) is 0 Å². The highest BCUT2D eigenvalue weighted by atomic mass is 16.6. The van der Waals surface area contributed by atoms with Gasteiger partial charge < -0.3 is 20.3 Å². The number of nitrogens with zero attached hydrogens (tertiary/aromatic N) is 2. The molecule has 28 heavy (non-hydrogen) atoms. The van der Waals surface area contributed by atoms with E-state index in [9.17, 15) is 19.7 Å². The van der Waals surface area contributed by atoms with Crippen LogP contribution in [0.25, 0.3) is 0 Å². The van der Waals surface area contributed by atoms with Gasteiger partial charge in [-0.2, -0.15) is 0 Å². The summed E-state index contributed by atoms with van der Waals surface area (Å²) in [4.78, 5) is 36.6. The fraction of sp³-hybridized carbons (Fsp3) is 0.263. The Labute approximate surface area is 162 Å². The number of carbonyl (C=O) groups is 2. The van der Waals surface area contributed by atoms with Crippen molar-refractivity contribution in [1.82, 2.24) is 4.90 Å². The van der Waals surface area contributed by atoms with E-state index in [-0.39, 0.29) is 23.7 Å². The zero-order valence-electron chi connectivity index (χ0n) is 15.9. The van der Waals surface area contributed by atoms with Crippen molar-refractivity contribution in [1.29, 1.82) is 0 Å². The van der Waals surface area contributed by atoms with E-state index in [1.54, 1.807) is 31.4 Å². The fourth-order valence-corrected chi connectivity index (χ4v) is 2.54. The number of ether oxygens (including phenoxy) is 1. The first-order valence-electron chi connectivity index (χ1n) is 8.57. The molecule has 2 rings (SSSR count). The molecule has 0 saturated carbocycles. The number of amides is 2. The number of anilines is 2. The largest absolute Gasteiger partial charge is 0.497 e. The van der Waals surface area contributed by atoms with Gasteiger partial charge in [0.05, 0.1) is 18.6 Å². The Morgan fingerprint density at radius 3 is 2.43 bits per heavy atom. The van der Waals surface area contributed by atoms with Gasteiger partial charge in [-0.1, -0.05) is 0 Å². The normalized spacial score (nSPS) is 10.1. The molecular formula is C19H22N4O5. The molecule has 148 valence electrons. The van der Waals surface area contributed by atoms with Crippen LogP contribution in [0.3, 0.4) is 0 Å². The van der Waals surface area contributed by atoms with Gasteiger partial charge in [-0.25, -0.2) is 0 Å². The molecule has 0 aliphatic heterocycles. The number of nitrogens with one attached hydrogen (secondary N) is 2. The summed E-state index contributed by atoms with van der Waals surface area (Å²) < 4.78 is 5.05. The number of nitro benzene ring substituents is 1. The molecule has 0 aromatic heterocycles. The van der Waals surface area contributed by atoms with Gasteiger partial charge in [-0.15, -0.1) is 0 Å². The standard InChI is InChI=1S/C19H22N4O5/c1-4-20-16-10-5-13(11-17(16)23(26)27)19(25)22(2)12-18(24)21-14-6-8-15(28-3)9-7-14/h5-11,20H,4,12H2,1-3H3,(H,21,24). The van der Waals surface area contributed by atoms with Crippen molar-refractivity contribution in [2.24, 2.45) is 0 Å². The first-order valence-corrected chi connectivity index (χ1v) is 8.57. The Morgan fingerprint density at radius 1 is 1.18 bits per heavy atom. The van der Waals surface area contributed by atoms with Crippen molar-refractivity contribution in [3.8, 4) is 5.75 Å². The summed E-state index contributed by atoms with van der Waals surface area (Å²) in [6, 6.07) is 11.0. The quantitative estimate of drug-likeness (QED) is 0.533. The first kappa shape index (κ1) is 20.7. The summed E-state index contributed by atoms with van der Waals surface area (Å²) in [7, 11) is 3.00. The van der Waals surface area contributed by atoms with Crippen LogP contribution in [0, 0.1) is 10.1 Å². The maximum absolute atomic E-state index is 12.5. The third-order valence-electron chi connectivity index (χ3n) is 3.91. The molecule has 0 saturated heterocycles. The number of nitro groups is 1. The summed E-state index contributed by atoms with van der Waals surface area (Å²) >= 11 is 0. The molecule has 9 nitrogen and oxygen atoms in total. The second-order valence-electron chi connectivity index (χ2n) is 5.96. The van der Waals surface area contributed by atoms with Crippen LogP contribution in [0.4, 0.5) is 17.1 Å². The zero-order valence-corrected chi connectivity index (χ0v) is 15.9. The number of hydrogen-bond acceptors (Lipinski definition) is 6. The second kappa shape index (κ2) is 9.36. The average Bonchev–Trinajstić information content (AvgIpc) is 2.68. The summed E-state index contributed by atoms with van der Waals surface area (Å²) in [6.45, 7) is 2.13. The van der Waals surface area contributed by atoms with E-state index in [0.717, 1.165) is 0 Å². The Kier molecular flexibility index (Phi) is 6.91. The lowest BCUT2D eigenvalue weighted by Gasteiger charge is -2.17. The lowest BCUT2D eigenvalue weighted by molar-refractivity contribution is -0.384. The van der Waals surface area contributed by atoms with E-state index < -0.39 is 10.8 Å². The molecule has 0 fully saturated rings. The van der Waals surface area contributed by atoms with Crippen LogP contribution < -0.4 is 15.4 Å². The molecule has 2 aromatic rings. The molecule has 0 atom stereocenters. The zero-order chi connectivity index (χ0) is 20.7. The van der Waals surface area contributed by atoms with Crippen LogP contribution in [0.1, 0.15) is 17.3 Å². The van der Waals surface area contributed by atoms with Crippen LogP contribution in [-0.4, -0.2) is 48.9 Å². The maximum atomic E-state index is 12.5. The van der Waals surface area contributed by atoms with Crippen LogP contribution in [-0.2, 0) is 4.79 Å². The Balaban J connectivity index is 2.05. The lowest BCUT2D eigenvalue weighted by atomic mass is 10.1. The molecule has 0 unspecified atom stereocenters. The van der Waals surface area contributed by atoms with E-state index in [0.29, 0.717) is 23.7 Å². The Hall–Kier alpha value is -3.62. The van der Waals surface area contributed by atoms with Gasteiger partial charge in [0.15, 0.2) is 0 Å². The molecule has 0 spiro atoms. The molecule has 0 radical (unpaired) electrons. The Bertz CT molecular complexity index is 867. The minimum absolute atomic E-state index is 0.133. The van der Waals surface area contributed by atoms with Crippen molar-refractivity contribution < 1.29 is 19.2 Å². The van der Waals surface area contributed by atoms with Crippen LogP contribution in [0.2, 0.25) is 0 Å². The van der Waals surface area contributed by atoms with Crippen molar-refractivity contribution >= 4 is 28.9 Å². The van der Waals surface area contributed by atoms with Gasteiger partial charge >= 0.3 is 0 Å². The van der Waals surface area contributed by atoms with Crippen LogP contribution in [0.15, 0.2) is 42.5 Å². The predicted molar refractivity (Wildman–Crippen MR) is 106 cm³/mol. The number of hydrogen-bond donors (Lipinski definition) is 2. The van der Waals surface area contributed by atoms with E-state index in [2.05, 4.69) is 10.6 Å². The molecular weight excluding hydrogens is 364 g/mol. The third kappa shape index (κ3) is 5.19. The Morgan fingerprint density at radius 2 is 1.86 bits per heavy atom. The first-order chi connectivity index (χ1) is 13.3. The van der Waals surface area contributed by atoms with Gasteiger partial charge in [-0.05, 0) is 43.3 Å². The average molecular weight is 386 g/mol. The van der Waals surface area contributed by atoms with Crippen LogP contribution >= 0.6 is 0 Å². The SMILES string of the molecule is CCNc1ccc(C(=O)N(C)CC(=O)Nc2ccc(OC)cc2)cc1[N+](=O)[O-]. The number of methoxy groups -OCH3 is 1. The maximum Gasteiger partial charge on any atom is 0.293 e. The molecule has 0 aliphatic carbocycles. The molecule has 9 heteroatoms. The van der Waals surface area contributed by atoms with Crippen LogP contribution in [0.5, 0.6) is 5.75 Å². The third-order valence-corrected chi connectivity index (χ3v) is 3.91. The van der Waals surface area contributed by atoms with Crippen molar-refractivity contribution in [2.75, 3.05) is 37.9 Å². The van der Waals surface area contributed by atoms with Gasteiger partial charge in [0, 0.05) is 30.9 Å². The highest BCUT2D eigenvalue weighted by Crippen LogP contribution is 2.26. The minimum Gasteiger partial charge on any atom is -0.497 e. The molecule has 0 heterocycles. The summed E-state index contributed by atoms with van der Waals surface area (Å²) in [6.07, 6.45) is 0. The molecule has 2 N–H and O–H groups in total. The summed E-state index contributed by atoms with van der Waals surface area (Å²) in [5.74, 6) is -0.219. The monoisotopic (exact) mass is 386 g/mol. The molecule has 2 aromatic carbocycles. The van der Waals surface area contributed by atoms with E-state index in [4.69, 9.17) is 4.74 Å². The summed E-state index contributed by atoms with van der Waals surface area (Å²) in [5, 5.41) is 16.8. The van der Waals surface area contributed by atoms with Crippen molar-refractivity contribution in [2.45, 2.75) is 6.92 Å². The fourth-order valence-electron chi connectivity index (χ4n) is 2.54. The van der Waals surface area contributed by atoms with Gasteiger partial charge in [0.25, 0.3) is 11.6 Å². The number of carbonyl (C=O) groups excluding carboxylic acids is 2. The number of likely N-dealkylation sites (N-methyl/N-ethyl adjacent to an activating group) is 1. The van der Waals surface area contributed by atoms with E-state index >= 15 is 0 Å². The lowest BCUT2D eigenvalue weighted by Crippen LogP contribution is -2.35. The topological polar surface area (TPSA) is 114 Å².